The van der Waals surface area contributed by atoms with E-state index < -0.39 is 0 Å². The number of halogens is 1. The van der Waals surface area contributed by atoms with Crippen LogP contribution in [0.3, 0.4) is 0 Å². The molecule has 2 aromatic rings. The molecule has 1 heterocycles. The summed E-state index contributed by atoms with van der Waals surface area (Å²) in [7, 11) is 0. The van der Waals surface area contributed by atoms with Crippen LogP contribution >= 0.6 is 0 Å². The molecule has 1 fully saturated rings. The first-order valence-electron chi connectivity index (χ1n) is 8.50. The van der Waals surface area contributed by atoms with Gasteiger partial charge in [0.2, 0.25) is 0 Å². The molecule has 7 heteroatoms. The normalized spacial score (nSPS) is 16.5. The molecular weight excluding hydrogens is 337 g/mol. The Hall–Kier alpha value is -2.80. The Morgan fingerprint density at radius 1 is 1.31 bits per heavy atom. The van der Waals surface area contributed by atoms with Gasteiger partial charge in [-0.1, -0.05) is 6.07 Å². The summed E-state index contributed by atoms with van der Waals surface area (Å²) in [6.45, 7) is 1.61. The molecule has 1 atom stereocenters. The number of aromatic hydroxyl groups is 1. The first-order valence-corrected chi connectivity index (χ1v) is 8.50. The number of ether oxygens (including phenoxy) is 1. The fraction of sp³-hybridized carbons (Fsp3) is 0.316. The van der Waals surface area contributed by atoms with Crippen molar-refractivity contribution in [3.63, 3.8) is 0 Å². The molecule has 26 heavy (non-hydrogen) atoms. The molecule has 0 bridgehead atoms. The minimum Gasteiger partial charge on any atom is -0.508 e. The number of carbonyl (C=O) groups is 1. The van der Waals surface area contributed by atoms with Crippen LogP contribution in [-0.4, -0.2) is 36.8 Å². The molecule has 3 rings (SSSR count). The maximum Gasteiger partial charge on any atom is 0.258 e. The van der Waals surface area contributed by atoms with Crippen molar-refractivity contribution in [3.8, 4) is 11.5 Å². The van der Waals surface area contributed by atoms with E-state index in [1.807, 2.05) is 12.1 Å². The Morgan fingerprint density at radius 2 is 2.08 bits per heavy atom. The van der Waals surface area contributed by atoms with Crippen molar-refractivity contribution >= 4 is 11.6 Å². The lowest BCUT2D eigenvalue weighted by Crippen LogP contribution is -2.39. The van der Waals surface area contributed by atoms with Gasteiger partial charge in [0.25, 0.3) is 5.91 Å². The van der Waals surface area contributed by atoms with Crippen LogP contribution in [-0.2, 0) is 11.3 Å². The minimum atomic E-state index is -0.349. The molecule has 138 valence electrons. The first-order chi connectivity index (χ1) is 12.5. The highest BCUT2D eigenvalue weighted by molar-refractivity contribution is 5.78. The summed E-state index contributed by atoms with van der Waals surface area (Å²) in [5.41, 5.74) is 7.16. The summed E-state index contributed by atoms with van der Waals surface area (Å²) in [6.07, 6.45) is 0.807. The maximum atomic E-state index is 12.8. The van der Waals surface area contributed by atoms with Crippen LogP contribution in [0.1, 0.15) is 12.0 Å². The minimum absolute atomic E-state index is 0.00986. The van der Waals surface area contributed by atoms with E-state index in [1.54, 1.807) is 6.07 Å². The van der Waals surface area contributed by atoms with Crippen molar-refractivity contribution in [2.75, 3.05) is 24.6 Å². The number of nitrogens with one attached hydrogen (secondary N) is 1. The second-order valence-corrected chi connectivity index (χ2v) is 6.26. The average molecular weight is 359 g/mol. The van der Waals surface area contributed by atoms with E-state index in [-0.39, 0.29) is 30.1 Å². The van der Waals surface area contributed by atoms with Crippen LogP contribution in [0, 0.1) is 5.82 Å². The topological polar surface area (TPSA) is 87.8 Å². The number of nitrogens with zero attached hydrogens (tertiary/aromatic N) is 1. The molecule has 0 aromatic heterocycles. The van der Waals surface area contributed by atoms with E-state index in [9.17, 15) is 14.3 Å². The number of nitrogens with two attached hydrogens (primary N) is 1. The van der Waals surface area contributed by atoms with E-state index in [1.165, 1.54) is 24.3 Å². The molecule has 0 saturated carbocycles. The number of anilines is 1. The highest BCUT2D eigenvalue weighted by atomic mass is 19.1. The number of hydrogen-bond acceptors (Lipinski definition) is 5. The van der Waals surface area contributed by atoms with Crippen LogP contribution < -0.4 is 20.7 Å². The van der Waals surface area contributed by atoms with E-state index in [4.69, 9.17) is 10.5 Å². The maximum absolute atomic E-state index is 12.8. The van der Waals surface area contributed by atoms with Crippen molar-refractivity contribution in [1.82, 2.24) is 5.32 Å². The molecule has 1 amide bonds. The molecule has 1 saturated heterocycles. The second kappa shape index (κ2) is 8.05. The molecule has 0 spiro atoms. The lowest BCUT2D eigenvalue weighted by molar-refractivity contribution is -0.123. The lowest BCUT2D eigenvalue weighted by Gasteiger charge is -2.20. The number of benzene rings is 2. The van der Waals surface area contributed by atoms with Crippen LogP contribution in [0.4, 0.5) is 10.1 Å². The second-order valence-electron chi connectivity index (χ2n) is 6.26. The Labute approximate surface area is 151 Å². The zero-order chi connectivity index (χ0) is 18.5. The van der Waals surface area contributed by atoms with Gasteiger partial charge < -0.3 is 25.8 Å². The van der Waals surface area contributed by atoms with Gasteiger partial charge in [0.1, 0.15) is 17.3 Å². The SMILES string of the molecule is NCc1ccc(N2CC[C@@H](NC(=O)COc3ccc(F)cc3)C2)cc1O. The molecule has 1 aliphatic heterocycles. The smallest absolute Gasteiger partial charge is 0.258 e. The largest absolute Gasteiger partial charge is 0.508 e. The number of carbonyl (C=O) groups excluding carboxylic acids is 1. The van der Waals surface area contributed by atoms with Gasteiger partial charge in [-0.2, -0.15) is 0 Å². The van der Waals surface area contributed by atoms with E-state index in [0.717, 1.165) is 18.7 Å². The fourth-order valence-corrected chi connectivity index (χ4v) is 2.98. The van der Waals surface area contributed by atoms with Gasteiger partial charge >= 0.3 is 0 Å². The number of hydrogen-bond donors (Lipinski definition) is 3. The standard InChI is InChI=1S/C19H22FN3O3/c20-14-2-5-17(6-3-14)26-12-19(25)22-15-7-8-23(11-15)16-4-1-13(10-21)18(24)9-16/h1-6,9,15,24H,7-8,10-12,21H2,(H,22,25)/t15-/m1/s1. The molecule has 0 aliphatic carbocycles. The predicted octanol–water partition coefficient (Wildman–Crippen LogP) is 1.76. The van der Waals surface area contributed by atoms with Crippen LogP contribution in [0.5, 0.6) is 11.5 Å². The summed E-state index contributed by atoms with van der Waals surface area (Å²) in [6, 6.07) is 11.0. The monoisotopic (exact) mass is 359 g/mol. The van der Waals surface area contributed by atoms with Crippen molar-refractivity contribution in [2.45, 2.75) is 19.0 Å². The quantitative estimate of drug-likeness (QED) is 0.732. The summed E-state index contributed by atoms with van der Waals surface area (Å²) in [5.74, 6) is 0.0659. The van der Waals surface area contributed by atoms with Crippen LogP contribution in [0.25, 0.3) is 0 Å². The third-order valence-corrected chi connectivity index (χ3v) is 4.39. The highest BCUT2D eigenvalue weighted by Crippen LogP contribution is 2.27. The third-order valence-electron chi connectivity index (χ3n) is 4.39. The first kappa shape index (κ1) is 18.0. The zero-order valence-electron chi connectivity index (χ0n) is 14.3. The lowest BCUT2D eigenvalue weighted by atomic mass is 10.1. The van der Waals surface area contributed by atoms with Gasteiger partial charge in [-0.15, -0.1) is 0 Å². The van der Waals surface area contributed by atoms with E-state index in [0.29, 0.717) is 24.4 Å². The molecule has 0 radical (unpaired) electrons. The Kier molecular flexibility index (Phi) is 5.58. The highest BCUT2D eigenvalue weighted by Gasteiger charge is 2.24. The third kappa shape index (κ3) is 4.43. The van der Waals surface area contributed by atoms with Crippen LogP contribution in [0.2, 0.25) is 0 Å². The molecule has 4 N–H and O–H groups in total. The Morgan fingerprint density at radius 3 is 2.77 bits per heavy atom. The Bertz CT molecular complexity index is 767. The van der Waals surface area contributed by atoms with E-state index in [2.05, 4.69) is 10.2 Å². The predicted molar refractivity (Wildman–Crippen MR) is 96.7 cm³/mol. The van der Waals surface area contributed by atoms with Crippen molar-refractivity contribution in [3.05, 3.63) is 53.8 Å². The summed E-state index contributed by atoms with van der Waals surface area (Å²) in [5, 5.41) is 12.9. The van der Waals surface area contributed by atoms with Crippen molar-refractivity contribution < 1.29 is 19.0 Å². The number of phenols is 1. The number of rotatable bonds is 6. The number of phenolic OH excluding ortho intramolecular Hbond substituents is 1. The molecule has 6 nitrogen and oxygen atoms in total. The van der Waals surface area contributed by atoms with Gasteiger partial charge in [-0.3, -0.25) is 4.79 Å². The van der Waals surface area contributed by atoms with Gasteiger partial charge in [-0.05, 0) is 36.8 Å². The average Bonchev–Trinajstić information content (AvgIpc) is 3.09. The molecular formula is C19H22FN3O3. The van der Waals surface area contributed by atoms with Crippen LogP contribution in [0.15, 0.2) is 42.5 Å². The van der Waals surface area contributed by atoms with E-state index >= 15 is 0 Å². The van der Waals surface area contributed by atoms with Gasteiger partial charge in [0, 0.05) is 43.0 Å². The summed E-state index contributed by atoms with van der Waals surface area (Å²) >= 11 is 0. The van der Waals surface area contributed by atoms with Crippen molar-refractivity contribution in [1.29, 1.82) is 0 Å². The summed E-state index contributed by atoms with van der Waals surface area (Å²) in [4.78, 5) is 14.1. The fourth-order valence-electron chi connectivity index (χ4n) is 2.98. The number of amides is 1. The van der Waals surface area contributed by atoms with Gasteiger partial charge in [0.05, 0.1) is 0 Å². The van der Waals surface area contributed by atoms with Gasteiger partial charge in [0.15, 0.2) is 6.61 Å². The molecule has 0 unspecified atom stereocenters. The molecule has 1 aliphatic rings. The van der Waals surface area contributed by atoms with Gasteiger partial charge in [-0.25, -0.2) is 4.39 Å². The summed E-state index contributed by atoms with van der Waals surface area (Å²) < 4.78 is 18.2. The zero-order valence-corrected chi connectivity index (χ0v) is 14.3. The van der Waals surface area contributed by atoms with Crippen molar-refractivity contribution in [2.24, 2.45) is 5.73 Å². The Balaban J connectivity index is 1.48. The molecule has 2 aromatic carbocycles.